The summed E-state index contributed by atoms with van der Waals surface area (Å²) in [4.78, 5) is 27.6. The first-order chi connectivity index (χ1) is 13.8. The van der Waals surface area contributed by atoms with Gasteiger partial charge in [-0.05, 0) is 25.0 Å². The third-order valence-corrected chi connectivity index (χ3v) is 5.35. The molecule has 3 heterocycles. The van der Waals surface area contributed by atoms with E-state index in [0.717, 1.165) is 47.6 Å². The van der Waals surface area contributed by atoms with Crippen molar-refractivity contribution >= 4 is 16.9 Å². The monoisotopic (exact) mass is 371 g/mol. The highest BCUT2D eigenvalue weighted by Crippen LogP contribution is 2.32. The van der Waals surface area contributed by atoms with Crippen LogP contribution in [0.15, 0.2) is 67.0 Å². The second-order valence-electron chi connectivity index (χ2n) is 7.13. The number of H-pyrrole nitrogens is 1. The zero-order valence-electron chi connectivity index (χ0n) is 15.5. The second kappa shape index (κ2) is 6.96. The zero-order valence-corrected chi connectivity index (χ0v) is 15.5. The van der Waals surface area contributed by atoms with Crippen LogP contribution in [0.25, 0.3) is 22.4 Å². The van der Waals surface area contributed by atoms with E-state index < -0.39 is 0 Å². The number of carbonyl (C=O) groups excluding carboxylic acids is 1. The van der Waals surface area contributed by atoms with Crippen LogP contribution in [0.1, 0.15) is 24.7 Å². The minimum absolute atomic E-state index is 0.00333. The van der Waals surface area contributed by atoms with Crippen molar-refractivity contribution < 1.29 is 4.79 Å². The Hall–Kier alpha value is -3.41. The number of likely N-dealkylation sites (tertiary alicyclic amines) is 1. The van der Waals surface area contributed by atoms with Crippen molar-refractivity contribution in [3.05, 3.63) is 72.8 Å². The first-order valence-corrected chi connectivity index (χ1v) is 9.60. The lowest BCUT2D eigenvalue weighted by molar-refractivity contribution is -0.132. The molecule has 0 spiro atoms. The summed E-state index contributed by atoms with van der Waals surface area (Å²) < 4.78 is 1.92. The Kier molecular flexibility index (Phi) is 4.16. The van der Waals surface area contributed by atoms with Crippen molar-refractivity contribution in [2.75, 3.05) is 6.54 Å². The summed E-state index contributed by atoms with van der Waals surface area (Å²) in [5.74, 6) is 1.78. The van der Waals surface area contributed by atoms with Crippen LogP contribution >= 0.6 is 0 Å². The molecule has 4 aromatic rings. The lowest BCUT2D eigenvalue weighted by Gasteiger charge is -2.23. The van der Waals surface area contributed by atoms with E-state index in [1.165, 1.54) is 0 Å². The van der Waals surface area contributed by atoms with Gasteiger partial charge in [0.25, 0.3) is 0 Å². The summed E-state index contributed by atoms with van der Waals surface area (Å²) in [5.41, 5.74) is 2.96. The van der Waals surface area contributed by atoms with Gasteiger partial charge < -0.3 is 14.5 Å². The number of nitrogens with one attached hydrogen (secondary N) is 1. The van der Waals surface area contributed by atoms with Crippen LogP contribution in [-0.4, -0.2) is 36.9 Å². The second-order valence-corrected chi connectivity index (χ2v) is 7.13. The van der Waals surface area contributed by atoms with Gasteiger partial charge >= 0.3 is 0 Å². The summed E-state index contributed by atoms with van der Waals surface area (Å²) in [7, 11) is 0. The largest absolute Gasteiger partial charge is 0.340 e. The van der Waals surface area contributed by atoms with Gasteiger partial charge in [-0.3, -0.25) is 4.79 Å². The molecule has 5 rings (SSSR count). The van der Waals surface area contributed by atoms with Gasteiger partial charge in [0.1, 0.15) is 18.2 Å². The number of benzene rings is 2. The number of carbonyl (C=O) groups is 1. The Labute approximate surface area is 162 Å². The number of fused-ring (bicyclic) bond motifs is 1. The van der Waals surface area contributed by atoms with E-state index in [-0.39, 0.29) is 18.5 Å². The molecule has 140 valence electrons. The van der Waals surface area contributed by atoms with Crippen LogP contribution in [0.5, 0.6) is 0 Å². The Morgan fingerprint density at radius 3 is 2.79 bits per heavy atom. The van der Waals surface area contributed by atoms with Crippen molar-refractivity contribution in [2.45, 2.75) is 25.4 Å². The molecule has 1 atom stereocenters. The molecule has 1 fully saturated rings. The fraction of sp³-hybridized carbons (Fsp3) is 0.227. The van der Waals surface area contributed by atoms with Gasteiger partial charge in [0, 0.05) is 24.5 Å². The molecule has 0 saturated carbocycles. The fourth-order valence-corrected chi connectivity index (χ4v) is 4.00. The van der Waals surface area contributed by atoms with Crippen molar-refractivity contribution in [2.24, 2.45) is 0 Å². The third-order valence-electron chi connectivity index (χ3n) is 5.35. The summed E-state index contributed by atoms with van der Waals surface area (Å²) in [5, 5.41) is 0. The molecule has 0 radical (unpaired) electrons. The highest BCUT2D eigenvalue weighted by Gasteiger charge is 2.32. The van der Waals surface area contributed by atoms with Gasteiger partial charge in [0.15, 0.2) is 0 Å². The van der Waals surface area contributed by atoms with E-state index >= 15 is 0 Å². The standard InChI is InChI=1S/C22H21N5O/c28-20(15-26-14-12-23-22(26)16-7-2-1-3-8-16)27-13-6-11-19(27)21-24-17-9-4-5-10-18(17)25-21/h1-5,7-10,12,14,19H,6,11,13,15H2,(H,24,25)/t19-/m1/s1. The molecule has 6 nitrogen and oxygen atoms in total. The quantitative estimate of drug-likeness (QED) is 0.593. The maximum absolute atomic E-state index is 13.1. The highest BCUT2D eigenvalue weighted by molar-refractivity contribution is 5.78. The maximum atomic E-state index is 13.1. The molecule has 6 heteroatoms. The average molecular weight is 371 g/mol. The molecular formula is C22H21N5O. The molecule has 0 unspecified atom stereocenters. The molecule has 2 aromatic carbocycles. The minimum Gasteiger partial charge on any atom is -0.340 e. The Morgan fingerprint density at radius 1 is 1.11 bits per heavy atom. The summed E-state index contributed by atoms with van der Waals surface area (Å²) >= 11 is 0. The van der Waals surface area contributed by atoms with Crippen LogP contribution in [0.3, 0.4) is 0 Å². The molecular weight excluding hydrogens is 350 g/mol. The van der Waals surface area contributed by atoms with Gasteiger partial charge in [-0.2, -0.15) is 0 Å². The smallest absolute Gasteiger partial charge is 0.243 e. The molecule has 1 saturated heterocycles. The molecule has 0 bridgehead atoms. The number of nitrogens with zero attached hydrogens (tertiary/aromatic N) is 4. The van der Waals surface area contributed by atoms with Crippen molar-refractivity contribution in [3.63, 3.8) is 0 Å². The topological polar surface area (TPSA) is 66.8 Å². The van der Waals surface area contributed by atoms with Gasteiger partial charge in [-0.25, -0.2) is 9.97 Å². The van der Waals surface area contributed by atoms with Crippen LogP contribution in [0, 0.1) is 0 Å². The molecule has 28 heavy (non-hydrogen) atoms. The van der Waals surface area contributed by atoms with Crippen LogP contribution in [0.2, 0.25) is 0 Å². The number of hydrogen-bond donors (Lipinski definition) is 1. The van der Waals surface area contributed by atoms with Crippen LogP contribution < -0.4 is 0 Å². The van der Waals surface area contributed by atoms with E-state index in [9.17, 15) is 4.79 Å². The predicted molar refractivity (Wildman–Crippen MR) is 107 cm³/mol. The lowest BCUT2D eigenvalue weighted by Crippen LogP contribution is -2.33. The number of aromatic nitrogens is 4. The summed E-state index contributed by atoms with van der Waals surface area (Å²) in [6.45, 7) is 1.04. The van der Waals surface area contributed by atoms with Gasteiger partial charge in [0.05, 0.1) is 17.1 Å². The van der Waals surface area contributed by atoms with E-state index in [1.807, 2.05) is 70.3 Å². The SMILES string of the molecule is O=C(Cn1ccnc1-c1ccccc1)N1CCC[C@@H]1c1nc2ccccc2[nH]1. The number of rotatable bonds is 4. The van der Waals surface area contributed by atoms with Crippen LogP contribution in [-0.2, 0) is 11.3 Å². The number of para-hydroxylation sites is 2. The van der Waals surface area contributed by atoms with Gasteiger partial charge in [-0.15, -0.1) is 0 Å². The fourth-order valence-electron chi connectivity index (χ4n) is 4.00. The molecule has 1 aliphatic rings. The van der Waals surface area contributed by atoms with E-state index in [4.69, 9.17) is 4.98 Å². The van der Waals surface area contributed by atoms with E-state index in [1.54, 1.807) is 6.20 Å². The lowest BCUT2D eigenvalue weighted by atomic mass is 10.2. The summed E-state index contributed by atoms with van der Waals surface area (Å²) in [6, 6.07) is 17.9. The van der Waals surface area contributed by atoms with E-state index in [0.29, 0.717) is 0 Å². The van der Waals surface area contributed by atoms with Crippen LogP contribution in [0.4, 0.5) is 0 Å². The average Bonchev–Trinajstić information content (AvgIpc) is 3.46. The molecule has 1 amide bonds. The maximum Gasteiger partial charge on any atom is 0.243 e. The normalized spacial score (nSPS) is 16.7. The Bertz CT molecular complexity index is 1080. The molecule has 0 aliphatic carbocycles. The Balaban J connectivity index is 1.39. The minimum atomic E-state index is 0.00333. The first-order valence-electron chi connectivity index (χ1n) is 9.60. The number of imidazole rings is 2. The van der Waals surface area contributed by atoms with Gasteiger partial charge in [0.2, 0.25) is 5.91 Å². The third kappa shape index (κ3) is 2.97. The molecule has 2 aromatic heterocycles. The Morgan fingerprint density at radius 2 is 1.93 bits per heavy atom. The molecule has 1 N–H and O–H groups in total. The molecule has 1 aliphatic heterocycles. The van der Waals surface area contributed by atoms with Crippen molar-refractivity contribution in [1.29, 1.82) is 0 Å². The zero-order chi connectivity index (χ0) is 18.9. The van der Waals surface area contributed by atoms with E-state index in [2.05, 4.69) is 9.97 Å². The van der Waals surface area contributed by atoms with Crippen molar-refractivity contribution in [1.82, 2.24) is 24.4 Å². The summed E-state index contributed by atoms with van der Waals surface area (Å²) in [6.07, 6.45) is 5.53. The number of hydrogen-bond acceptors (Lipinski definition) is 3. The van der Waals surface area contributed by atoms with Crippen molar-refractivity contribution in [3.8, 4) is 11.4 Å². The predicted octanol–water partition coefficient (Wildman–Crippen LogP) is 3.79. The number of amides is 1. The number of aromatic amines is 1. The van der Waals surface area contributed by atoms with Gasteiger partial charge in [-0.1, -0.05) is 42.5 Å². The first kappa shape index (κ1) is 16.7. The highest BCUT2D eigenvalue weighted by atomic mass is 16.2.